The first-order valence-corrected chi connectivity index (χ1v) is 7.41. The van der Waals surface area contributed by atoms with Crippen LogP contribution in [0.15, 0.2) is 24.3 Å². The van der Waals surface area contributed by atoms with Gasteiger partial charge in [-0.05, 0) is 24.5 Å². The number of carbonyl (C=O) groups excluding carboxylic acids is 1. The second-order valence-corrected chi connectivity index (χ2v) is 5.81. The summed E-state index contributed by atoms with van der Waals surface area (Å²) in [5, 5.41) is 4.12. The van der Waals surface area contributed by atoms with Crippen molar-refractivity contribution in [3.63, 3.8) is 0 Å². The summed E-state index contributed by atoms with van der Waals surface area (Å²) in [5.41, 5.74) is 1.06. The van der Waals surface area contributed by atoms with Crippen molar-refractivity contribution in [2.45, 2.75) is 25.3 Å². The van der Waals surface area contributed by atoms with Crippen LogP contribution in [0.5, 0.6) is 0 Å². The molecule has 1 saturated heterocycles. The van der Waals surface area contributed by atoms with Crippen LogP contribution in [-0.2, 0) is 4.79 Å². The molecular formula is C15H19ClN2O. The summed E-state index contributed by atoms with van der Waals surface area (Å²) in [4.78, 5) is 14.6. The fourth-order valence-electron chi connectivity index (χ4n) is 2.88. The number of hydrogen-bond donors (Lipinski definition) is 1. The lowest BCUT2D eigenvalue weighted by atomic mass is 9.83. The van der Waals surface area contributed by atoms with Gasteiger partial charge in [-0.25, -0.2) is 0 Å². The summed E-state index contributed by atoms with van der Waals surface area (Å²) < 4.78 is 0. The first-order valence-electron chi connectivity index (χ1n) is 7.03. The molecule has 0 radical (unpaired) electrons. The highest BCUT2D eigenvalue weighted by Crippen LogP contribution is 2.34. The molecule has 4 heteroatoms. The van der Waals surface area contributed by atoms with Crippen LogP contribution in [0.1, 0.15) is 30.9 Å². The van der Waals surface area contributed by atoms with Crippen molar-refractivity contribution in [1.82, 2.24) is 10.2 Å². The van der Waals surface area contributed by atoms with Gasteiger partial charge < -0.3 is 10.2 Å². The van der Waals surface area contributed by atoms with Gasteiger partial charge in [-0.1, -0.05) is 36.2 Å². The van der Waals surface area contributed by atoms with Crippen molar-refractivity contribution in [2.24, 2.45) is 5.92 Å². The van der Waals surface area contributed by atoms with Crippen molar-refractivity contribution in [3.8, 4) is 0 Å². The Labute approximate surface area is 118 Å². The minimum absolute atomic E-state index is 0.0792. The lowest BCUT2D eigenvalue weighted by molar-refractivity contribution is -0.141. The lowest BCUT2D eigenvalue weighted by Crippen LogP contribution is -2.51. The fourth-order valence-corrected chi connectivity index (χ4v) is 3.14. The smallest absolute Gasteiger partial charge is 0.226 e. The SMILES string of the molecule is O=C(C1CCC1)N1CCNCC1c1ccccc1Cl. The number of piperazine rings is 1. The minimum Gasteiger partial charge on any atom is -0.333 e. The number of nitrogens with zero attached hydrogens (tertiary/aromatic N) is 1. The van der Waals surface area contributed by atoms with Crippen LogP contribution in [0.4, 0.5) is 0 Å². The molecule has 1 saturated carbocycles. The fraction of sp³-hybridized carbons (Fsp3) is 0.533. The number of benzene rings is 1. The molecule has 1 aromatic carbocycles. The summed E-state index contributed by atoms with van der Waals surface area (Å²) in [6.07, 6.45) is 3.30. The Bertz CT molecular complexity index is 473. The van der Waals surface area contributed by atoms with Crippen LogP contribution in [0.25, 0.3) is 0 Å². The van der Waals surface area contributed by atoms with Crippen LogP contribution in [-0.4, -0.2) is 30.4 Å². The molecule has 2 aliphatic rings. The topological polar surface area (TPSA) is 32.3 Å². The predicted molar refractivity (Wildman–Crippen MR) is 76.1 cm³/mol. The molecule has 0 bridgehead atoms. The van der Waals surface area contributed by atoms with E-state index in [1.807, 2.05) is 29.2 Å². The average Bonchev–Trinajstić information content (AvgIpc) is 2.37. The van der Waals surface area contributed by atoms with Crippen molar-refractivity contribution < 1.29 is 4.79 Å². The van der Waals surface area contributed by atoms with Gasteiger partial charge >= 0.3 is 0 Å². The molecule has 102 valence electrons. The highest BCUT2D eigenvalue weighted by Gasteiger charge is 2.35. The zero-order valence-corrected chi connectivity index (χ0v) is 11.7. The molecule has 1 heterocycles. The number of amides is 1. The van der Waals surface area contributed by atoms with Gasteiger partial charge in [0.05, 0.1) is 6.04 Å². The van der Waals surface area contributed by atoms with E-state index in [-0.39, 0.29) is 12.0 Å². The highest BCUT2D eigenvalue weighted by atomic mass is 35.5. The van der Waals surface area contributed by atoms with Gasteiger partial charge in [-0.2, -0.15) is 0 Å². The summed E-state index contributed by atoms with van der Waals surface area (Å²) in [6, 6.07) is 7.93. The molecule has 1 unspecified atom stereocenters. The van der Waals surface area contributed by atoms with E-state index in [4.69, 9.17) is 11.6 Å². The predicted octanol–water partition coefficient (Wildman–Crippen LogP) is 2.61. The Morgan fingerprint density at radius 2 is 2.11 bits per heavy atom. The Morgan fingerprint density at radius 1 is 1.32 bits per heavy atom. The molecule has 1 aliphatic heterocycles. The molecule has 3 rings (SSSR count). The summed E-state index contributed by atoms with van der Waals surface area (Å²) in [5.74, 6) is 0.570. The minimum atomic E-state index is 0.0792. The maximum absolute atomic E-state index is 12.5. The normalized spacial score (nSPS) is 24.1. The van der Waals surface area contributed by atoms with Gasteiger partial charge in [0.25, 0.3) is 0 Å². The Morgan fingerprint density at radius 3 is 2.79 bits per heavy atom. The molecule has 1 N–H and O–H groups in total. The second kappa shape index (κ2) is 5.51. The molecule has 1 amide bonds. The van der Waals surface area contributed by atoms with Crippen LogP contribution in [0.2, 0.25) is 5.02 Å². The third kappa shape index (κ3) is 2.49. The van der Waals surface area contributed by atoms with Gasteiger partial charge in [0.2, 0.25) is 5.91 Å². The lowest BCUT2D eigenvalue weighted by Gasteiger charge is -2.40. The summed E-state index contributed by atoms with van der Waals surface area (Å²) >= 11 is 6.29. The maximum atomic E-state index is 12.5. The van der Waals surface area contributed by atoms with Gasteiger partial charge in [-0.15, -0.1) is 0 Å². The third-order valence-corrected chi connectivity index (χ3v) is 4.59. The number of nitrogens with one attached hydrogen (secondary N) is 1. The first-order chi connectivity index (χ1) is 9.27. The molecule has 1 atom stereocenters. The molecule has 3 nitrogen and oxygen atoms in total. The molecule has 19 heavy (non-hydrogen) atoms. The van der Waals surface area contributed by atoms with Gasteiger partial charge in [-0.3, -0.25) is 4.79 Å². The van der Waals surface area contributed by atoms with E-state index in [1.165, 1.54) is 6.42 Å². The number of halogens is 1. The van der Waals surface area contributed by atoms with Gasteiger partial charge in [0.15, 0.2) is 0 Å². The quantitative estimate of drug-likeness (QED) is 0.902. The highest BCUT2D eigenvalue weighted by molar-refractivity contribution is 6.31. The van der Waals surface area contributed by atoms with E-state index >= 15 is 0 Å². The molecule has 0 aromatic heterocycles. The van der Waals surface area contributed by atoms with Crippen molar-refractivity contribution in [3.05, 3.63) is 34.9 Å². The van der Waals surface area contributed by atoms with E-state index in [0.29, 0.717) is 5.91 Å². The van der Waals surface area contributed by atoms with Gasteiger partial charge in [0.1, 0.15) is 0 Å². The van der Waals surface area contributed by atoms with E-state index in [2.05, 4.69) is 5.32 Å². The average molecular weight is 279 g/mol. The van der Waals surface area contributed by atoms with Crippen LogP contribution in [0.3, 0.4) is 0 Å². The molecule has 1 aromatic rings. The second-order valence-electron chi connectivity index (χ2n) is 5.40. The maximum Gasteiger partial charge on any atom is 0.226 e. The van der Waals surface area contributed by atoms with Crippen molar-refractivity contribution in [1.29, 1.82) is 0 Å². The van der Waals surface area contributed by atoms with Gasteiger partial charge in [0, 0.05) is 30.6 Å². The molecular weight excluding hydrogens is 260 g/mol. The van der Waals surface area contributed by atoms with E-state index < -0.39 is 0 Å². The van der Waals surface area contributed by atoms with Crippen molar-refractivity contribution in [2.75, 3.05) is 19.6 Å². The zero-order chi connectivity index (χ0) is 13.2. The zero-order valence-electron chi connectivity index (χ0n) is 10.9. The van der Waals surface area contributed by atoms with Crippen LogP contribution < -0.4 is 5.32 Å². The largest absolute Gasteiger partial charge is 0.333 e. The summed E-state index contributed by atoms with van der Waals surface area (Å²) in [7, 11) is 0. The van der Waals surface area contributed by atoms with Crippen LogP contribution >= 0.6 is 11.6 Å². The number of hydrogen-bond acceptors (Lipinski definition) is 2. The molecule has 0 spiro atoms. The molecule has 2 fully saturated rings. The monoisotopic (exact) mass is 278 g/mol. The standard InChI is InChI=1S/C15H19ClN2O/c16-13-7-2-1-6-12(13)14-10-17-8-9-18(14)15(19)11-4-3-5-11/h1-2,6-7,11,14,17H,3-5,8-10H2. The Hall–Kier alpha value is -1.06. The number of rotatable bonds is 2. The summed E-state index contributed by atoms with van der Waals surface area (Å²) in [6.45, 7) is 2.45. The third-order valence-electron chi connectivity index (χ3n) is 4.25. The number of carbonyl (C=O) groups is 1. The van der Waals surface area contributed by atoms with E-state index in [1.54, 1.807) is 0 Å². The Kier molecular flexibility index (Phi) is 3.76. The van der Waals surface area contributed by atoms with Crippen LogP contribution in [0, 0.1) is 5.92 Å². The molecule has 1 aliphatic carbocycles. The van der Waals surface area contributed by atoms with E-state index in [0.717, 1.165) is 43.1 Å². The van der Waals surface area contributed by atoms with E-state index in [9.17, 15) is 4.79 Å². The first kappa shape index (κ1) is 12.9. The Balaban J connectivity index is 1.84. The van der Waals surface area contributed by atoms with Crippen molar-refractivity contribution >= 4 is 17.5 Å².